The first-order valence-corrected chi connectivity index (χ1v) is 8.18. The minimum absolute atomic E-state index is 0.406. The van der Waals surface area contributed by atoms with Gasteiger partial charge < -0.3 is 10.2 Å². The zero-order valence-corrected chi connectivity index (χ0v) is 13.7. The summed E-state index contributed by atoms with van der Waals surface area (Å²) >= 11 is 6.11. The molecule has 1 saturated heterocycles. The maximum atomic E-state index is 6.11. The molecule has 1 N–H and O–H groups in total. The monoisotopic (exact) mass is 294 g/mol. The summed E-state index contributed by atoms with van der Waals surface area (Å²) in [6.45, 7) is 7.03. The first kappa shape index (κ1) is 15.8. The Balaban J connectivity index is 1.95. The van der Waals surface area contributed by atoms with Gasteiger partial charge in [0, 0.05) is 17.1 Å². The van der Waals surface area contributed by atoms with Crippen LogP contribution in [0.3, 0.4) is 0 Å². The van der Waals surface area contributed by atoms with Crippen LogP contribution in [0.25, 0.3) is 0 Å². The number of hydrogen-bond donors (Lipinski definition) is 1. The summed E-state index contributed by atoms with van der Waals surface area (Å²) in [5, 5.41) is 4.65. The van der Waals surface area contributed by atoms with Gasteiger partial charge in [0.15, 0.2) is 0 Å². The molecule has 2 nitrogen and oxygen atoms in total. The summed E-state index contributed by atoms with van der Waals surface area (Å²) < 4.78 is 0. The second kappa shape index (κ2) is 7.44. The van der Waals surface area contributed by atoms with Crippen molar-refractivity contribution in [3.05, 3.63) is 34.9 Å². The zero-order valence-electron chi connectivity index (χ0n) is 12.9. The Labute approximate surface area is 128 Å². The van der Waals surface area contributed by atoms with E-state index in [9.17, 15) is 0 Å². The number of nitrogens with one attached hydrogen (secondary N) is 1. The van der Waals surface area contributed by atoms with Gasteiger partial charge in [0.1, 0.15) is 0 Å². The molecule has 1 aromatic carbocycles. The Morgan fingerprint density at radius 3 is 2.65 bits per heavy atom. The van der Waals surface area contributed by atoms with Crippen LogP contribution >= 0.6 is 11.6 Å². The van der Waals surface area contributed by atoms with Crippen molar-refractivity contribution in [3.63, 3.8) is 0 Å². The van der Waals surface area contributed by atoms with Crippen LogP contribution in [-0.4, -0.2) is 31.1 Å². The molecule has 112 valence electrons. The zero-order chi connectivity index (χ0) is 14.5. The van der Waals surface area contributed by atoms with Crippen molar-refractivity contribution in [1.29, 1.82) is 0 Å². The predicted molar refractivity (Wildman–Crippen MR) is 87.3 cm³/mol. The third kappa shape index (κ3) is 4.21. The lowest BCUT2D eigenvalue weighted by molar-refractivity contribution is 0.183. The van der Waals surface area contributed by atoms with Crippen LogP contribution in [0.2, 0.25) is 5.02 Å². The molecule has 3 heteroatoms. The van der Waals surface area contributed by atoms with Crippen molar-refractivity contribution in [1.82, 2.24) is 10.2 Å². The van der Waals surface area contributed by atoms with Gasteiger partial charge >= 0.3 is 0 Å². The molecule has 1 fully saturated rings. The van der Waals surface area contributed by atoms with E-state index < -0.39 is 0 Å². The van der Waals surface area contributed by atoms with Crippen molar-refractivity contribution in [2.45, 2.75) is 45.2 Å². The average molecular weight is 295 g/mol. The van der Waals surface area contributed by atoms with Crippen LogP contribution in [0.1, 0.15) is 44.7 Å². The molecule has 1 heterocycles. The first-order chi connectivity index (χ1) is 9.60. The topological polar surface area (TPSA) is 15.3 Å². The first-order valence-electron chi connectivity index (χ1n) is 7.80. The smallest absolute Gasteiger partial charge is 0.0409 e. The molecule has 0 amide bonds. The Morgan fingerprint density at radius 1 is 1.35 bits per heavy atom. The lowest BCUT2D eigenvalue weighted by Gasteiger charge is -2.35. The highest BCUT2D eigenvalue weighted by molar-refractivity contribution is 6.30. The Kier molecular flexibility index (Phi) is 5.88. The third-order valence-electron chi connectivity index (χ3n) is 4.59. The van der Waals surface area contributed by atoms with Gasteiger partial charge in [-0.1, -0.05) is 30.7 Å². The predicted octanol–water partition coefficient (Wildman–Crippen LogP) is 4.11. The highest BCUT2D eigenvalue weighted by Crippen LogP contribution is 2.25. The number of piperidine rings is 1. The van der Waals surface area contributed by atoms with Crippen LogP contribution < -0.4 is 5.32 Å². The Hall–Kier alpha value is -0.570. The highest BCUT2D eigenvalue weighted by Gasteiger charge is 2.24. The fourth-order valence-corrected chi connectivity index (χ4v) is 3.35. The largest absolute Gasteiger partial charge is 0.307 e. The molecule has 0 radical (unpaired) electrons. The maximum Gasteiger partial charge on any atom is 0.0409 e. The van der Waals surface area contributed by atoms with Gasteiger partial charge in [0.05, 0.1) is 0 Å². The second-order valence-electron chi connectivity index (χ2n) is 6.11. The van der Waals surface area contributed by atoms with Crippen molar-refractivity contribution in [3.8, 4) is 0 Å². The van der Waals surface area contributed by atoms with E-state index in [0.29, 0.717) is 12.1 Å². The molecule has 1 aliphatic heterocycles. The van der Waals surface area contributed by atoms with Crippen LogP contribution in [0, 0.1) is 5.92 Å². The van der Waals surface area contributed by atoms with E-state index in [0.717, 1.165) is 17.4 Å². The van der Waals surface area contributed by atoms with Gasteiger partial charge in [-0.15, -0.1) is 0 Å². The molecular weight excluding hydrogens is 268 g/mol. The molecule has 0 bridgehead atoms. The molecule has 0 spiro atoms. The maximum absolute atomic E-state index is 6.11. The summed E-state index contributed by atoms with van der Waals surface area (Å²) in [7, 11) is 2.22. The molecule has 0 aromatic heterocycles. The van der Waals surface area contributed by atoms with E-state index in [1.54, 1.807) is 0 Å². The Bertz CT molecular complexity index is 413. The Morgan fingerprint density at radius 2 is 2.05 bits per heavy atom. The molecule has 2 rings (SSSR count). The molecule has 0 aliphatic carbocycles. The third-order valence-corrected chi connectivity index (χ3v) is 4.83. The lowest BCUT2D eigenvalue weighted by atomic mass is 9.89. The number of hydrogen-bond acceptors (Lipinski definition) is 2. The minimum atomic E-state index is 0.406. The van der Waals surface area contributed by atoms with E-state index in [1.165, 1.54) is 31.5 Å². The van der Waals surface area contributed by atoms with E-state index in [4.69, 9.17) is 11.6 Å². The SMILES string of the molecule is CCC(NC(C)C1CCN(C)CC1)c1cccc(Cl)c1. The van der Waals surface area contributed by atoms with Gasteiger partial charge in [-0.25, -0.2) is 0 Å². The van der Waals surface area contributed by atoms with Crippen molar-refractivity contribution in [2.75, 3.05) is 20.1 Å². The van der Waals surface area contributed by atoms with Crippen LogP contribution in [0.5, 0.6) is 0 Å². The standard InChI is InChI=1S/C17H27ClN2/c1-4-17(15-6-5-7-16(18)12-15)19-13(2)14-8-10-20(3)11-9-14/h5-7,12-14,17,19H,4,8-11H2,1-3H3. The summed E-state index contributed by atoms with van der Waals surface area (Å²) in [6.07, 6.45) is 3.70. The van der Waals surface area contributed by atoms with Gasteiger partial charge in [0.25, 0.3) is 0 Å². The quantitative estimate of drug-likeness (QED) is 0.879. The van der Waals surface area contributed by atoms with E-state index in [2.05, 4.69) is 43.2 Å². The number of halogens is 1. The van der Waals surface area contributed by atoms with Gasteiger partial charge in [-0.05, 0) is 69.9 Å². The fraction of sp³-hybridized carbons (Fsp3) is 0.647. The highest BCUT2D eigenvalue weighted by atomic mass is 35.5. The molecule has 0 saturated carbocycles. The fourth-order valence-electron chi connectivity index (χ4n) is 3.16. The average Bonchev–Trinajstić information content (AvgIpc) is 2.45. The van der Waals surface area contributed by atoms with Gasteiger partial charge in [-0.2, -0.15) is 0 Å². The minimum Gasteiger partial charge on any atom is -0.307 e. The molecule has 2 unspecified atom stereocenters. The molecular formula is C17H27ClN2. The molecule has 1 aromatic rings. The lowest BCUT2D eigenvalue weighted by Crippen LogP contribution is -2.41. The second-order valence-corrected chi connectivity index (χ2v) is 6.55. The van der Waals surface area contributed by atoms with Crippen molar-refractivity contribution in [2.24, 2.45) is 5.92 Å². The number of likely N-dealkylation sites (tertiary alicyclic amines) is 1. The van der Waals surface area contributed by atoms with Crippen molar-refractivity contribution < 1.29 is 0 Å². The number of rotatable bonds is 5. The molecule has 1 aliphatic rings. The van der Waals surface area contributed by atoms with Crippen molar-refractivity contribution >= 4 is 11.6 Å². The summed E-state index contributed by atoms with van der Waals surface area (Å²) in [5.74, 6) is 0.791. The number of benzene rings is 1. The summed E-state index contributed by atoms with van der Waals surface area (Å²) in [5.41, 5.74) is 1.31. The normalized spacial score (nSPS) is 20.8. The summed E-state index contributed by atoms with van der Waals surface area (Å²) in [4.78, 5) is 2.43. The van der Waals surface area contributed by atoms with Gasteiger partial charge in [-0.3, -0.25) is 0 Å². The molecule has 2 atom stereocenters. The van der Waals surface area contributed by atoms with Crippen LogP contribution in [0.4, 0.5) is 0 Å². The number of nitrogens with zero attached hydrogens (tertiary/aromatic N) is 1. The van der Waals surface area contributed by atoms with Crippen LogP contribution in [-0.2, 0) is 0 Å². The van der Waals surface area contributed by atoms with Crippen LogP contribution in [0.15, 0.2) is 24.3 Å². The van der Waals surface area contributed by atoms with E-state index in [1.807, 2.05) is 12.1 Å². The molecule has 20 heavy (non-hydrogen) atoms. The van der Waals surface area contributed by atoms with E-state index in [-0.39, 0.29) is 0 Å². The summed E-state index contributed by atoms with van der Waals surface area (Å²) in [6, 6.07) is 9.22. The van der Waals surface area contributed by atoms with Gasteiger partial charge in [0.2, 0.25) is 0 Å². The van der Waals surface area contributed by atoms with E-state index >= 15 is 0 Å².